The van der Waals surface area contributed by atoms with E-state index in [9.17, 15) is 4.79 Å². The molecule has 0 saturated carbocycles. The van der Waals surface area contributed by atoms with Gasteiger partial charge in [0.25, 0.3) is 0 Å². The summed E-state index contributed by atoms with van der Waals surface area (Å²) in [5.41, 5.74) is 2.37. The molecule has 0 spiro atoms. The van der Waals surface area contributed by atoms with Crippen LogP contribution in [0, 0.1) is 13.8 Å². The molecule has 1 aromatic heterocycles. The maximum Gasteiger partial charge on any atom is 0.234 e. The first-order valence-electron chi connectivity index (χ1n) is 9.28. The largest absolute Gasteiger partial charge is 0.494 e. The number of thioether (sulfide) groups is 1. The summed E-state index contributed by atoms with van der Waals surface area (Å²) in [5.74, 6) is 2.07. The van der Waals surface area contributed by atoms with Crippen molar-refractivity contribution in [3.8, 4) is 17.2 Å². The van der Waals surface area contributed by atoms with Gasteiger partial charge in [-0.2, -0.15) is 0 Å². The fourth-order valence-electron chi connectivity index (χ4n) is 2.63. The van der Waals surface area contributed by atoms with Crippen LogP contribution in [-0.4, -0.2) is 28.2 Å². The normalized spacial score (nSPS) is 10.4. The molecule has 29 heavy (non-hydrogen) atoms. The Bertz CT molecular complexity index is 957. The van der Waals surface area contributed by atoms with E-state index in [1.165, 1.54) is 11.8 Å². The van der Waals surface area contributed by atoms with Crippen molar-refractivity contribution in [3.05, 3.63) is 66.0 Å². The minimum Gasteiger partial charge on any atom is -0.494 e. The van der Waals surface area contributed by atoms with E-state index in [1.807, 2.05) is 69.3 Å². The summed E-state index contributed by atoms with van der Waals surface area (Å²) in [5, 5.41) is 3.49. The van der Waals surface area contributed by atoms with Crippen LogP contribution in [0.1, 0.15) is 18.3 Å². The van der Waals surface area contributed by atoms with Gasteiger partial charge in [0.1, 0.15) is 11.5 Å². The van der Waals surface area contributed by atoms with E-state index in [2.05, 4.69) is 15.3 Å². The highest BCUT2D eigenvalue weighted by Gasteiger charge is 2.10. The quantitative estimate of drug-likeness (QED) is 0.416. The molecule has 3 rings (SSSR count). The number of amides is 1. The van der Waals surface area contributed by atoms with Crippen LogP contribution in [0.25, 0.3) is 0 Å². The average molecular weight is 410 g/mol. The van der Waals surface area contributed by atoms with Crippen molar-refractivity contribution >= 4 is 23.4 Å². The number of aromatic nitrogens is 2. The van der Waals surface area contributed by atoms with Crippen molar-refractivity contribution in [1.29, 1.82) is 0 Å². The monoisotopic (exact) mass is 409 g/mol. The fraction of sp³-hybridized carbons (Fsp3) is 0.227. The molecule has 0 aliphatic heterocycles. The zero-order chi connectivity index (χ0) is 20.6. The molecule has 0 fully saturated rings. The Morgan fingerprint density at radius 1 is 1.00 bits per heavy atom. The molecule has 1 heterocycles. The maximum atomic E-state index is 12.4. The molecule has 0 aliphatic carbocycles. The molecule has 0 unspecified atom stereocenters. The first-order valence-corrected chi connectivity index (χ1v) is 10.3. The van der Waals surface area contributed by atoms with Gasteiger partial charge in [0, 0.05) is 11.4 Å². The van der Waals surface area contributed by atoms with Crippen molar-refractivity contribution in [2.24, 2.45) is 0 Å². The SMILES string of the molecule is CCOc1ccc(Oc2ccccc2NC(=O)CSc2nc(C)cc(C)n2)cc1. The number of hydrogen-bond donors (Lipinski definition) is 1. The lowest BCUT2D eigenvalue weighted by Gasteiger charge is -2.12. The molecule has 7 heteroatoms. The second-order valence-corrected chi connectivity index (χ2v) is 7.22. The second kappa shape index (κ2) is 9.93. The van der Waals surface area contributed by atoms with E-state index in [-0.39, 0.29) is 11.7 Å². The van der Waals surface area contributed by atoms with Gasteiger partial charge in [0.05, 0.1) is 18.0 Å². The van der Waals surface area contributed by atoms with Gasteiger partial charge in [0.15, 0.2) is 10.9 Å². The summed E-state index contributed by atoms with van der Waals surface area (Å²) in [6, 6.07) is 16.6. The van der Waals surface area contributed by atoms with E-state index in [0.717, 1.165) is 17.1 Å². The molecule has 3 aromatic rings. The first kappa shape index (κ1) is 20.7. The van der Waals surface area contributed by atoms with E-state index in [0.29, 0.717) is 28.9 Å². The van der Waals surface area contributed by atoms with Crippen molar-refractivity contribution in [2.45, 2.75) is 25.9 Å². The molecule has 1 amide bonds. The topological polar surface area (TPSA) is 73.3 Å². The number of hydrogen-bond acceptors (Lipinski definition) is 6. The maximum absolute atomic E-state index is 12.4. The minimum atomic E-state index is -0.152. The molecular formula is C22H23N3O3S. The molecule has 6 nitrogen and oxygen atoms in total. The van der Waals surface area contributed by atoms with Gasteiger partial charge in [-0.3, -0.25) is 4.79 Å². The number of carbonyl (C=O) groups is 1. The van der Waals surface area contributed by atoms with Gasteiger partial charge >= 0.3 is 0 Å². The number of para-hydroxylation sites is 2. The Hall–Kier alpha value is -3.06. The van der Waals surface area contributed by atoms with E-state index < -0.39 is 0 Å². The third kappa shape index (κ3) is 6.22. The van der Waals surface area contributed by atoms with Gasteiger partial charge in [-0.1, -0.05) is 23.9 Å². The predicted molar refractivity (Wildman–Crippen MR) is 115 cm³/mol. The van der Waals surface area contributed by atoms with Crippen LogP contribution >= 0.6 is 11.8 Å². The third-order valence-electron chi connectivity index (χ3n) is 3.82. The Kier molecular flexibility index (Phi) is 7.08. The number of nitrogens with one attached hydrogen (secondary N) is 1. The summed E-state index contributed by atoms with van der Waals surface area (Å²) in [6.07, 6.45) is 0. The van der Waals surface area contributed by atoms with Crippen LogP contribution in [0.3, 0.4) is 0 Å². The lowest BCUT2D eigenvalue weighted by molar-refractivity contribution is -0.113. The lowest BCUT2D eigenvalue weighted by atomic mass is 10.2. The van der Waals surface area contributed by atoms with Crippen LogP contribution in [0.2, 0.25) is 0 Å². The van der Waals surface area contributed by atoms with E-state index >= 15 is 0 Å². The van der Waals surface area contributed by atoms with Gasteiger partial charge in [-0.25, -0.2) is 9.97 Å². The molecule has 1 N–H and O–H groups in total. The summed E-state index contributed by atoms with van der Waals surface area (Å²) >= 11 is 1.30. The third-order valence-corrected chi connectivity index (χ3v) is 4.67. The molecule has 0 saturated heterocycles. The zero-order valence-corrected chi connectivity index (χ0v) is 17.5. The lowest BCUT2D eigenvalue weighted by Crippen LogP contribution is -2.15. The summed E-state index contributed by atoms with van der Waals surface area (Å²) in [4.78, 5) is 21.1. The van der Waals surface area contributed by atoms with Crippen molar-refractivity contribution < 1.29 is 14.3 Å². The van der Waals surface area contributed by atoms with Gasteiger partial charge < -0.3 is 14.8 Å². The van der Waals surface area contributed by atoms with Crippen molar-refractivity contribution in [2.75, 3.05) is 17.7 Å². The molecule has 0 atom stereocenters. The number of nitrogens with zero attached hydrogens (tertiary/aromatic N) is 2. The highest BCUT2D eigenvalue weighted by molar-refractivity contribution is 7.99. The molecule has 150 valence electrons. The van der Waals surface area contributed by atoms with Crippen LogP contribution in [0.4, 0.5) is 5.69 Å². The Balaban J connectivity index is 1.62. The number of ether oxygens (including phenoxy) is 2. The first-order chi connectivity index (χ1) is 14.0. The Morgan fingerprint density at radius 3 is 2.34 bits per heavy atom. The number of benzene rings is 2. The molecule has 2 aromatic carbocycles. The number of rotatable bonds is 8. The Labute approximate surface area is 174 Å². The summed E-state index contributed by atoms with van der Waals surface area (Å²) in [7, 11) is 0. The standard InChI is InChI=1S/C22H23N3O3S/c1-4-27-17-9-11-18(12-10-17)28-20-8-6-5-7-19(20)25-21(26)14-29-22-23-15(2)13-16(3)24-22/h5-13H,4,14H2,1-3H3,(H,25,26). The van der Waals surface area contributed by atoms with E-state index in [4.69, 9.17) is 9.47 Å². The highest BCUT2D eigenvalue weighted by Crippen LogP contribution is 2.30. The number of anilines is 1. The molecule has 0 bridgehead atoms. The smallest absolute Gasteiger partial charge is 0.234 e. The highest BCUT2D eigenvalue weighted by atomic mass is 32.2. The fourth-order valence-corrected chi connectivity index (χ4v) is 3.38. The second-order valence-electron chi connectivity index (χ2n) is 6.27. The van der Waals surface area contributed by atoms with Crippen LogP contribution < -0.4 is 14.8 Å². The van der Waals surface area contributed by atoms with Crippen LogP contribution in [0.5, 0.6) is 17.2 Å². The van der Waals surface area contributed by atoms with E-state index in [1.54, 1.807) is 6.07 Å². The number of aryl methyl sites for hydroxylation is 2. The molecular weight excluding hydrogens is 386 g/mol. The predicted octanol–water partition coefficient (Wildman–Crippen LogP) is 5.02. The minimum absolute atomic E-state index is 0.152. The van der Waals surface area contributed by atoms with Gasteiger partial charge in [0.2, 0.25) is 5.91 Å². The van der Waals surface area contributed by atoms with Crippen LogP contribution in [0.15, 0.2) is 59.8 Å². The average Bonchev–Trinajstić information content (AvgIpc) is 2.69. The van der Waals surface area contributed by atoms with Crippen LogP contribution in [-0.2, 0) is 4.79 Å². The summed E-state index contributed by atoms with van der Waals surface area (Å²) in [6.45, 7) is 6.37. The Morgan fingerprint density at radius 2 is 1.66 bits per heavy atom. The number of carbonyl (C=O) groups excluding carboxylic acids is 1. The van der Waals surface area contributed by atoms with Gasteiger partial charge in [-0.15, -0.1) is 0 Å². The van der Waals surface area contributed by atoms with Crippen molar-refractivity contribution in [1.82, 2.24) is 9.97 Å². The molecule has 0 aliphatic rings. The zero-order valence-electron chi connectivity index (χ0n) is 16.6. The summed E-state index contributed by atoms with van der Waals surface area (Å²) < 4.78 is 11.4. The van der Waals surface area contributed by atoms with Gasteiger partial charge in [-0.05, 0) is 63.2 Å². The molecule has 0 radical (unpaired) electrons. The van der Waals surface area contributed by atoms with Crippen molar-refractivity contribution in [3.63, 3.8) is 0 Å².